The van der Waals surface area contributed by atoms with Crippen molar-refractivity contribution in [1.29, 1.82) is 0 Å². The largest absolute Gasteiger partial charge is 0.381 e. The van der Waals surface area contributed by atoms with Gasteiger partial charge in [-0.05, 0) is 19.8 Å². The highest BCUT2D eigenvalue weighted by Gasteiger charge is 2.20. The molecule has 0 unspecified atom stereocenters. The highest BCUT2D eigenvalue weighted by molar-refractivity contribution is 5.02. The first-order valence-electron chi connectivity index (χ1n) is 5.72. The molecule has 2 N–H and O–H groups in total. The van der Waals surface area contributed by atoms with Crippen molar-refractivity contribution in [1.82, 2.24) is 15.3 Å². The fourth-order valence-electron chi connectivity index (χ4n) is 1.48. The van der Waals surface area contributed by atoms with Gasteiger partial charge in [-0.1, -0.05) is 0 Å². The molecule has 0 saturated heterocycles. The molecule has 0 spiro atoms. The number of aromatic amines is 1. The van der Waals surface area contributed by atoms with Crippen LogP contribution in [0.5, 0.6) is 0 Å². The van der Waals surface area contributed by atoms with Crippen molar-refractivity contribution in [2.24, 2.45) is 0 Å². The maximum absolute atomic E-state index is 5.28. The molecule has 1 aliphatic rings. The molecule has 4 heteroatoms. The van der Waals surface area contributed by atoms with Gasteiger partial charge in [0.05, 0.1) is 6.61 Å². The van der Waals surface area contributed by atoms with Crippen molar-refractivity contribution >= 4 is 0 Å². The Morgan fingerprint density at radius 3 is 3.20 bits per heavy atom. The van der Waals surface area contributed by atoms with Crippen LogP contribution in [0.2, 0.25) is 0 Å². The zero-order chi connectivity index (χ0) is 10.5. The van der Waals surface area contributed by atoms with Crippen LogP contribution in [0.15, 0.2) is 6.20 Å². The van der Waals surface area contributed by atoms with Crippen LogP contribution in [0.4, 0.5) is 0 Å². The average Bonchev–Trinajstić information content (AvgIpc) is 2.97. The van der Waals surface area contributed by atoms with Gasteiger partial charge >= 0.3 is 0 Å². The van der Waals surface area contributed by atoms with Crippen LogP contribution < -0.4 is 5.32 Å². The third kappa shape index (κ3) is 3.64. The van der Waals surface area contributed by atoms with Gasteiger partial charge in [-0.25, -0.2) is 4.98 Å². The van der Waals surface area contributed by atoms with Crippen molar-refractivity contribution in [3.63, 3.8) is 0 Å². The summed E-state index contributed by atoms with van der Waals surface area (Å²) in [5, 5.41) is 3.45. The molecule has 1 heterocycles. The topological polar surface area (TPSA) is 49.9 Å². The number of imidazole rings is 1. The van der Waals surface area contributed by atoms with Crippen molar-refractivity contribution < 1.29 is 4.74 Å². The highest BCUT2D eigenvalue weighted by Crippen LogP contribution is 2.18. The van der Waals surface area contributed by atoms with Gasteiger partial charge in [-0.3, -0.25) is 0 Å². The number of ether oxygens (including phenoxy) is 1. The van der Waals surface area contributed by atoms with Crippen LogP contribution in [0.1, 0.15) is 31.3 Å². The second kappa shape index (κ2) is 5.28. The first-order chi connectivity index (χ1) is 7.38. The van der Waals surface area contributed by atoms with Gasteiger partial charge in [-0.15, -0.1) is 0 Å². The van der Waals surface area contributed by atoms with Gasteiger partial charge in [0.1, 0.15) is 5.82 Å². The van der Waals surface area contributed by atoms with Crippen molar-refractivity contribution in [3.05, 3.63) is 17.7 Å². The number of nitrogens with one attached hydrogen (secondary N) is 2. The molecule has 1 aromatic rings. The minimum atomic E-state index is 0.750. The maximum atomic E-state index is 5.28. The average molecular weight is 209 g/mol. The lowest BCUT2D eigenvalue weighted by atomic mass is 10.4. The van der Waals surface area contributed by atoms with Crippen LogP contribution in [0.25, 0.3) is 0 Å². The van der Waals surface area contributed by atoms with E-state index in [9.17, 15) is 0 Å². The minimum absolute atomic E-state index is 0.750. The zero-order valence-electron chi connectivity index (χ0n) is 9.25. The normalized spacial score (nSPS) is 15.8. The summed E-state index contributed by atoms with van der Waals surface area (Å²) in [5.74, 6) is 1.02. The second-order valence-electron chi connectivity index (χ2n) is 3.96. The standard InChI is InChI=1S/C11H19N3O/c1-2-15-6-5-11-13-8-10(14-11)7-12-9-3-4-9/h8-9,12H,2-7H2,1H3,(H,13,14). The predicted octanol–water partition coefficient (Wildman–Crippen LogP) is 1.24. The first kappa shape index (κ1) is 10.6. The third-order valence-corrected chi connectivity index (χ3v) is 2.53. The van der Waals surface area contributed by atoms with Gasteiger partial charge in [0.2, 0.25) is 0 Å². The predicted molar refractivity (Wildman–Crippen MR) is 58.6 cm³/mol. The van der Waals surface area contributed by atoms with E-state index < -0.39 is 0 Å². The van der Waals surface area contributed by atoms with Gasteiger partial charge in [0, 0.05) is 37.5 Å². The maximum Gasteiger partial charge on any atom is 0.108 e. The summed E-state index contributed by atoms with van der Waals surface area (Å²) < 4.78 is 5.28. The van der Waals surface area contributed by atoms with Crippen LogP contribution >= 0.6 is 0 Å². The van der Waals surface area contributed by atoms with Crippen LogP contribution in [0.3, 0.4) is 0 Å². The number of hydrogen-bond donors (Lipinski definition) is 2. The molecule has 0 radical (unpaired) electrons. The van der Waals surface area contributed by atoms with Crippen molar-refractivity contribution in [3.8, 4) is 0 Å². The lowest BCUT2D eigenvalue weighted by molar-refractivity contribution is 0.149. The summed E-state index contributed by atoms with van der Waals surface area (Å²) in [5.41, 5.74) is 1.17. The Hall–Kier alpha value is -0.870. The van der Waals surface area contributed by atoms with Gasteiger partial charge < -0.3 is 15.0 Å². The summed E-state index contributed by atoms with van der Waals surface area (Å²) in [4.78, 5) is 7.61. The molecule has 15 heavy (non-hydrogen) atoms. The van der Waals surface area contributed by atoms with Crippen molar-refractivity contribution in [2.75, 3.05) is 13.2 Å². The molecule has 2 rings (SSSR count). The number of rotatable bonds is 7. The molecular formula is C11H19N3O. The van der Waals surface area contributed by atoms with E-state index in [-0.39, 0.29) is 0 Å². The number of H-pyrrole nitrogens is 1. The van der Waals surface area contributed by atoms with Crippen LogP contribution in [-0.4, -0.2) is 29.2 Å². The molecule has 84 valence electrons. The fraction of sp³-hybridized carbons (Fsp3) is 0.727. The lowest BCUT2D eigenvalue weighted by Crippen LogP contribution is -2.15. The van der Waals surface area contributed by atoms with Gasteiger partial charge in [-0.2, -0.15) is 0 Å². The third-order valence-electron chi connectivity index (χ3n) is 2.53. The van der Waals surface area contributed by atoms with E-state index in [2.05, 4.69) is 15.3 Å². The highest BCUT2D eigenvalue weighted by atomic mass is 16.5. The smallest absolute Gasteiger partial charge is 0.108 e. The number of hydrogen-bond acceptors (Lipinski definition) is 3. The van der Waals surface area contributed by atoms with E-state index in [1.807, 2.05) is 13.1 Å². The molecule has 4 nitrogen and oxygen atoms in total. The van der Waals surface area contributed by atoms with Gasteiger partial charge in [0.25, 0.3) is 0 Å². The van der Waals surface area contributed by atoms with E-state index in [0.717, 1.165) is 38.0 Å². The molecule has 0 amide bonds. The van der Waals surface area contributed by atoms with Crippen LogP contribution in [0, 0.1) is 0 Å². The summed E-state index contributed by atoms with van der Waals surface area (Å²) in [6.07, 6.45) is 5.44. The Morgan fingerprint density at radius 1 is 1.60 bits per heavy atom. The quantitative estimate of drug-likeness (QED) is 0.664. The number of nitrogens with zero attached hydrogens (tertiary/aromatic N) is 1. The SMILES string of the molecule is CCOCCc1ncc(CNC2CC2)[nH]1. The summed E-state index contributed by atoms with van der Waals surface area (Å²) in [6, 6.07) is 0.750. The molecule has 1 fully saturated rings. The molecule has 1 aromatic heterocycles. The Morgan fingerprint density at radius 2 is 2.47 bits per heavy atom. The molecule has 0 bridgehead atoms. The molecular weight excluding hydrogens is 190 g/mol. The van der Waals surface area contributed by atoms with Gasteiger partial charge in [0.15, 0.2) is 0 Å². The van der Waals surface area contributed by atoms with Crippen LogP contribution in [-0.2, 0) is 17.7 Å². The van der Waals surface area contributed by atoms with Crippen molar-refractivity contribution in [2.45, 2.75) is 38.8 Å². The first-order valence-corrected chi connectivity index (χ1v) is 5.72. The minimum Gasteiger partial charge on any atom is -0.381 e. The summed E-state index contributed by atoms with van der Waals surface area (Å²) >= 11 is 0. The van der Waals surface area contributed by atoms with E-state index in [1.165, 1.54) is 18.5 Å². The lowest BCUT2D eigenvalue weighted by Gasteiger charge is -1.99. The zero-order valence-corrected chi connectivity index (χ0v) is 9.25. The Kier molecular flexibility index (Phi) is 3.75. The van der Waals surface area contributed by atoms with E-state index in [0.29, 0.717) is 0 Å². The summed E-state index contributed by atoms with van der Waals surface area (Å²) in [7, 11) is 0. The fourth-order valence-corrected chi connectivity index (χ4v) is 1.48. The molecule has 1 saturated carbocycles. The molecule has 0 aliphatic heterocycles. The Labute approximate surface area is 90.4 Å². The summed E-state index contributed by atoms with van der Waals surface area (Å²) in [6.45, 7) is 4.44. The van der Waals surface area contributed by atoms with E-state index in [1.54, 1.807) is 0 Å². The van der Waals surface area contributed by atoms with E-state index >= 15 is 0 Å². The monoisotopic (exact) mass is 209 g/mol. The molecule has 0 aromatic carbocycles. The van der Waals surface area contributed by atoms with E-state index in [4.69, 9.17) is 4.74 Å². The Balaban J connectivity index is 1.70. The number of aromatic nitrogens is 2. The molecule has 0 atom stereocenters. The second-order valence-corrected chi connectivity index (χ2v) is 3.96. The Bertz CT molecular complexity index is 294. The molecule has 1 aliphatic carbocycles.